The Morgan fingerprint density at radius 1 is 1.19 bits per heavy atom. The second kappa shape index (κ2) is 8.31. The van der Waals surface area contributed by atoms with E-state index in [1.54, 1.807) is 6.20 Å². The van der Waals surface area contributed by atoms with E-state index in [0.29, 0.717) is 25.5 Å². The van der Waals surface area contributed by atoms with E-state index in [0.717, 1.165) is 43.4 Å². The molecule has 0 bridgehead atoms. The van der Waals surface area contributed by atoms with Crippen molar-refractivity contribution in [2.24, 2.45) is 17.3 Å². The molecule has 4 heterocycles. The van der Waals surface area contributed by atoms with Crippen molar-refractivity contribution in [3.8, 4) is 11.1 Å². The fourth-order valence-corrected chi connectivity index (χ4v) is 5.05. The molecule has 2 fully saturated rings. The van der Waals surface area contributed by atoms with E-state index in [1.807, 2.05) is 18.3 Å². The molecule has 1 aliphatic carbocycles. The van der Waals surface area contributed by atoms with Crippen LogP contribution in [0.4, 0.5) is 5.82 Å². The molecular weight excluding hydrogens is 406 g/mol. The van der Waals surface area contributed by atoms with Crippen LogP contribution in [0.1, 0.15) is 45.2 Å². The Morgan fingerprint density at radius 3 is 2.81 bits per heavy atom. The van der Waals surface area contributed by atoms with Gasteiger partial charge in [-0.2, -0.15) is 5.10 Å². The minimum atomic E-state index is -0.127. The van der Waals surface area contributed by atoms with Gasteiger partial charge < -0.3 is 15.4 Å². The highest BCUT2D eigenvalue weighted by Crippen LogP contribution is 2.37. The summed E-state index contributed by atoms with van der Waals surface area (Å²) in [6, 6.07) is 3.94. The zero-order chi connectivity index (χ0) is 22.3. The topological polar surface area (TPSA) is 98.1 Å². The van der Waals surface area contributed by atoms with Gasteiger partial charge in [-0.25, -0.2) is 4.98 Å². The minimum absolute atomic E-state index is 0.0260. The maximum absolute atomic E-state index is 13.0. The van der Waals surface area contributed by atoms with Gasteiger partial charge in [-0.3, -0.25) is 14.3 Å². The lowest BCUT2D eigenvalue weighted by Gasteiger charge is -2.32. The van der Waals surface area contributed by atoms with E-state index >= 15 is 0 Å². The summed E-state index contributed by atoms with van der Waals surface area (Å²) in [5.74, 6) is 0.420. The van der Waals surface area contributed by atoms with Crippen molar-refractivity contribution < 1.29 is 14.3 Å². The third kappa shape index (κ3) is 4.28. The Bertz CT molecular complexity index is 1030. The summed E-state index contributed by atoms with van der Waals surface area (Å²) in [4.78, 5) is 29.6. The van der Waals surface area contributed by atoms with Gasteiger partial charge in [0, 0.05) is 36.0 Å². The van der Waals surface area contributed by atoms with Crippen LogP contribution in [0.2, 0.25) is 0 Å². The molecular formula is C24H31N5O3. The van der Waals surface area contributed by atoms with Crippen LogP contribution in [0.3, 0.4) is 0 Å². The number of ether oxygens (including phenoxy) is 1. The van der Waals surface area contributed by atoms with Crippen molar-refractivity contribution >= 4 is 17.6 Å². The van der Waals surface area contributed by atoms with Crippen molar-refractivity contribution in [3.05, 3.63) is 30.2 Å². The molecule has 0 spiro atoms. The third-order valence-corrected chi connectivity index (χ3v) is 6.89. The molecule has 0 radical (unpaired) electrons. The first-order chi connectivity index (χ1) is 15.4. The molecule has 2 aromatic rings. The number of carbonyl (C=O) groups is 2. The SMILES string of the molecule is CC1(C)Cc2c(-c3ccnc(NC(=O)[C@H]4CCC[C@@H](NC(=O)C5COC5)C4)c3)cnn2C1. The molecule has 1 saturated heterocycles. The summed E-state index contributed by atoms with van der Waals surface area (Å²) in [5.41, 5.74) is 3.57. The zero-order valence-electron chi connectivity index (χ0n) is 18.8. The second-order valence-electron chi connectivity index (χ2n) is 10.2. The summed E-state index contributed by atoms with van der Waals surface area (Å²) in [6.45, 7) is 6.43. The van der Waals surface area contributed by atoms with Crippen LogP contribution in [-0.2, 0) is 27.3 Å². The van der Waals surface area contributed by atoms with Crippen LogP contribution in [0, 0.1) is 17.3 Å². The van der Waals surface area contributed by atoms with E-state index in [2.05, 4.69) is 39.2 Å². The Labute approximate surface area is 188 Å². The maximum atomic E-state index is 13.0. The molecule has 0 unspecified atom stereocenters. The van der Waals surface area contributed by atoms with Gasteiger partial charge in [0.2, 0.25) is 11.8 Å². The van der Waals surface area contributed by atoms with E-state index in [4.69, 9.17) is 4.74 Å². The molecule has 1 saturated carbocycles. The summed E-state index contributed by atoms with van der Waals surface area (Å²) in [5, 5.41) is 10.7. The van der Waals surface area contributed by atoms with Gasteiger partial charge in [-0.1, -0.05) is 20.3 Å². The molecule has 2 amide bonds. The molecule has 5 rings (SSSR count). The number of amides is 2. The first-order valence-corrected chi connectivity index (χ1v) is 11.6. The van der Waals surface area contributed by atoms with Gasteiger partial charge in [0.25, 0.3) is 0 Å². The summed E-state index contributed by atoms with van der Waals surface area (Å²) >= 11 is 0. The number of pyridine rings is 1. The number of hydrogen-bond acceptors (Lipinski definition) is 5. The average molecular weight is 438 g/mol. The van der Waals surface area contributed by atoms with Gasteiger partial charge in [0.05, 0.1) is 25.3 Å². The van der Waals surface area contributed by atoms with Crippen molar-refractivity contribution in [2.45, 2.75) is 58.5 Å². The van der Waals surface area contributed by atoms with Crippen molar-refractivity contribution in [1.82, 2.24) is 20.1 Å². The third-order valence-electron chi connectivity index (χ3n) is 6.89. The molecule has 2 aliphatic heterocycles. The van der Waals surface area contributed by atoms with Crippen LogP contribution in [0.15, 0.2) is 24.5 Å². The molecule has 8 nitrogen and oxygen atoms in total. The van der Waals surface area contributed by atoms with Crippen LogP contribution < -0.4 is 10.6 Å². The maximum Gasteiger partial charge on any atom is 0.228 e. The molecule has 2 atom stereocenters. The molecule has 0 aromatic carbocycles. The number of hydrogen-bond donors (Lipinski definition) is 2. The molecule has 170 valence electrons. The summed E-state index contributed by atoms with van der Waals surface area (Å²) < 4.78 is 7.19. The van der Waals surface area contributed by atoms with Gasteiger partial charge >= 0.3 is 0 Å². The second-order valence-corrected chi connectivity index (χ2v) is 10.2. The Balaban J connectivity index is 1.23. The van der Waals surface area contributed by atoms with Gasteiger partial charge in [-0.15, -0.1) is 0 Å². The first kappa shape index (κ1) is 21.1. The highest BCUT2D eigenvalue weighted by molar-refractivity contribution is 5.92. The van der Waals surface area contributed by atoms with Gasteiger partial charge in [0.1, 0.15) is 5.82 Å². The number of carbonyl (C=O) groups excluding carboxylic acids is 2. The van der Waals surface area contributed by atoms with Crippen LogP contribution >= 0.6 is 0 Å². The predicted molar refractivity (Wildman–Crippen MR) is 120 cm³/mol. The molecule has 2 N–H and O–H groups in total. The Morgan fingerprint density at radius 2 is 2.03 bits per heavy atom. The largest absolute Gasteiger partial charge is 0.380 e. The minimum Gasteiger partial charge on any atom is -0.380 e. The van der Waals surface area contributed by atoms with Gasteiger partial charge in [-0.05, 0) is 48.8 Å². The first-order valence-electron chi connectivity index (χ1n) is 11.6. The monoisotopic (exact) mass is 437 g/mol. The van der Waals surface area contributed by atoms with E-state index in [1.165, 1.54) is 5.69 Å². The normalized spacial score (nSPS) is 24.4. The molecule has 32 heavy (non-hydrogen) atoms. The van der Waals surface area contributed by atoms with Gasteiger partial charge in [0.15, 0.2) is 0 Å². The van der Waals surface area contributed by atoms with Crippen LogP contribution in [0.25, 0.3) is 11.1 Å². The molecule has 2 aromatic heterocycles. The summed E-state index contributed by atoms with van der Waals surface area (Å²) in [6.07, 6.45) is 7.96. The number of anilines is 1. The number of fused-ring (bicyclic) bond motifs is 1. The zero-order valence-corrected chi connectivity index (χ0v) is 18.8. The lowest BCUT2D eigenvalue weighted by Crippen LogP contribution is -2.48. The lowest BCUT2D eigenvalue weighted by molar-refractivity contribution is -0.140. The standard InChI is InChI=1S/C24H31N5O3/c1-24(2)10-20-19(11-26-29(20)14-24)15-6-7-25-21(9-15)28-22(30)16-4-3-5-18(8-16)27-23(31)17-12-32-13-17/h6-7,9,11,16-18H,3-5,8,10,12-14H2,1-2H3,(H,27,31)(H,25,28,30)/t16-,18+/m0/s1. The molecule has 8 heteroatoms. The number of nitrogens with one attached hydrogen (secondary N) is 2. The fraction of sp³-hybridized carbons (Fsp3) is 0.583. The molecule has 3 aliphatic rings. The number of rotatable bonds is 5. The summed E-state index contributed by atoms with van der Waals surface area (Å²) in [7, 11) is 0. The van der Waals surface area contributed by atoms with E-state index in [9.17, 15) is 9.59 Å². The Kier molecular flexibility index (Phi) is 5.49. The van der Waals surface area contributed by atoms with Crippen LogP contribution in [0.5, 0.6) is 0 Å². The Hall–Kier alpha value is -2.74. The van der Waals surface area contributed by atoms with Crippen molar-refractivity contribution in [2.75, 3.05) is 18.5 Å². The predicted octanol–water partition coefficient (Wildman–Crippen LogP) is 2.79. The highest BCUT2D eigenvalue weighted by Gasteiger charge is 2.33. The number of aromatic nitrogens is 3. The highest BCUT2D eigenvalue weighted by atomic mass is 16.5. The van der Waals surface area contributed by atoms with Crippen LogP contribution in [-0.4, -0.2) is 45.8 Å². The fourth-order valence-electron chi connectivity index (χ4n) is 5.05. The average Bonchev–Trinajstić information content (AvgIpc) is 3.22. The quantitative estimate of drug-likeness (QED) is 0.750. The van der Waals surface area contributed by atoms with Crippen molar-refractivity contribution in [1.29, 1.82) is 0 Å². The van der Waals surface area contributed by atoms with E-state index in [-0.39, 0.29) is 35.1 Å². The smallest absolute Gasteiger partial charge is 0.228 e. The van der Waals surface area contributed by atoms with Crippen molar-refractivity contribution in [3.63, 3.8) is 0 Å². The lowest BCUT2D eigenvalue weighted by atomic mass is 9.84. The number of nitrogens with zero attached hydrogens (tertiary/aromatic N) is 3. The van der Waals surface area contributed by atoms with E-state index < -0.39 is 0 Å².